The highest BCUT2D eigenvalue weighted by Gasteiger charge is 2.20. The maximum atomic E-state index is 13.2. The van der Waals surface area contributed by atoms with Crippen molar-refractivity contribution in [2.24, 2.45) is 0 Å². The van der Waals surface area contributed by atoms with Gasteiger partial charge >= 0.3 is 0 Å². The third-order valence-electron chi connectivity index (χ3n) is 5.10. The predicted molar refractivity (Wildman–Crippen MR) is 118 cm³/mol. The van der Waals surface area contributed by atoms with Crippen LogP contribution >= 0.6 is 23.8 Å². The van der Waals surface area contributed by atoms with E-state index in [1.54, 1.807) is 6.07 Å². The van der Waals surface area contributed by atoms with Gasteiger partial charge in [-0.05, 0) is 41.4 Å². The minimum absolute atomic E-state index is 0.302. The zero-order valence-corrected chi connectivity index (χ0v) is 16.9. The lowest BCUT2D eigenvalue weighted by atomic mass is 10.1. The van der Waals surface area contributed by atoms with Gasteiger partial charge in [-0.2, -0.15) is 0 Å². The van der Waals surface area contributed by atoms with E-state index in [1.165, 1.54) is 17.5 Å². The Morgan fingerprint density at radius 1 is 1.00 bits per heavy atom. The number of anilines is 1. The Morgan fingerprint density at radius 2 is 1.75 bits per heavy atom. The molecule has 0 radical (unpaired) electrons. The fourth-order valence-electron chi connectivity index (χ4n) is 3.53. The second-order valence-corrected chi connectivity index (χ2v) is 7.75. The summed E-state index contributed by atoms with van der Waals surface area (Å²) < 4.78 is 13.2. The van der Waals surface area contributed by atoms with Gasteiger partial charge in [0.15, 0.2) is 5.11 Å². The fraction of sp³-hybridized carbons (Fsp3) is 0.227. The molecule has 0 amide bonds. The molecule has 1 N–H and O–H groups in total. The van der Waals surface area contributed by atoms with Crippen LogP contribution < -0.4 is 5.32 Å². The first kappa shape index (κ1) is 19.1. The van der Waals surface area contributed by atoms with Crippen molar-refractivity contribution in [3.63, 3.8) is 0 Å². The molecule has 4 rings (SSSR count). The first-order valence-corrected chi connectivity index (χ1v) is 10.1. The van der Waals surface area contributed by atoms with E-state index in [4.69, 9.17) is 23.8 Å². The smallest absolute Gasteiger partial charge is 0.173 e. The largest absolute Gasteiger partial charge is 0.346 e. The molecular formula is C22H21ClFN3S. The molecule has 3 aromatic rings. The van der Waals surface area contributed by atoms with Gasteiger partial charge in [0, 0.05) is 48.8 Å². The zero-order chi connectivity index (χ0) is 19.5. The number of rotatable bonds is 3. The summed E-state index contributed by atoms with van der Waals surface area (Å²) in [6.07, 6.45) is 0. The van der Waals surface area contributed by atoms with Gasteiger partial charge in [0.25, 0.3) is 0 Å². The minimum Gasteiger partial charge on any atom is -0.346 e. The Kier molecular flexibility index (Phi) is 5.76. The molecule has 0 aromatic heterocycles. The summed E-state index contributed by atoms with van der Waals surface area (Å²) in [6, 6.07) is 19.1. The SMILES string of the molecule is Fc1ccc(CN2CCN(C(=S)Nc3cccc4ccccc34)CC2)c(Cl)c1. The number of thiocarbonyl (C=S) groups is 1. The van der Waals surface area contributed by atoms with Crippen LogP contribution in [-0.2, 0) is 6.54 Å². The number of nitrogens with zero attached hydrogens (tertiary/aromatic N) is 2. The van der Waals surface area contributed by atoms with Gasteiger partial charge < -0.3 is 10.2 Å². The Labute approximate surface area is 174 Å². The van der Waals surface area contributed by atoms with Crippen LogP contribution in [0.5, 0.6) is 0 Å². The van der Waals surface area contributed by atoms with Crippen molar-refractivity contribution >= 4 is 45.4 Å². The number of hydrogen-bond donors (Lipinski definition) is 1. The molecule has 0 spiro atoms. The molecule has 1 heterocycles. The van der Waals surface area contributed by atoms with Crippen molar-refractivity contribution in [1.29, 1.82) is 0 Å². The molecule has 1 fully saturated rings. The Hall–Kier alpha value is -2.21. The summed E-state index contributed by atoms with van der Waals surface area (Å²) in [6.45, 7) is 4.16. The first-order chi connectivity index (χ1) is 13.6. The first-order valence-electron chi connectivity index (χ1n) is 9.30. The van der Waals surface area contributed by atoms with Crippen molar-refractivity contribution in [2.75, 3.05) is 31.5 Å². The van der Waals surface area contributed by atoms with Gasteiger partial charge in [-0.25, -0.2) is 4.39 Å². The molecule has 28 heavy (non-hydrogen) atoms. The van der Waals surface area contributed by atoms with Gasteiger partial charge in [0.1, 0.15) is 5.82 Å². The zero-order valence-electron chi connectivity index (χ0n) is 15.4. The van der Waals surface area contributed by atoms with Crippen molar-refractivity contribution in [1.82, 2.24) is 9.80 Å². The lowest BCUT2D eigenvalue weighted by Gasteiger charge is -2.36. The van der Waals surface area contributed by atoms with Crippen LogP contribution in [0.1, 0.15) is 5.56 Å². The minimum atomic E-state index is -0.302. The summed E-state index contributed by atoms with van der Waals surface area (Å²) in [5.41, 5.74) is 1.98. The molecule has 1 saturated heterocycles. The van der Waals surface area contributed by atoms with Crippen LogP contribution in [0.25, 0.3) is 10.8 Å². The van der Waals surface area contributed by atoms with Crippen molar-refractivity contribution in [2.45, 2.75) is 6.54 Å². The Balaban J connectivity index is 1.36. The maximum Gasteiger partial charge on any atom is 0.173 e. The number of nitrogens with one attached hydrogen (secondary N) is 1. The van der Waals surface area contributed by atoms with E-state index >= 15 is 0 Å². The average Bonchev–Trinajstić information content (AvgIpc) is 2.71. The van der Waals surface area contributed by atoms with Crippen LogP contribution in [0.15, 0.2) is 60.7 Å². The third kappa shape index (κ3) is 4.27. The van der Waals surface area contributed by atoms with E-state index in [0.717, 1.165) is 54.5 Å². The van der Waals surface area contributed by atoms with Crippen LogP contribution in [-0.4, -0.2) is 41.1 Å². The normalized spacial score (nSPS) is 15.0. The van der Waals surface area contributed by atoms with Crippen molar-refractivity contribution < 1.29 is 4.39 Å². The lowest BCUT2D eigenvalue weighted by molar-refractivity contribution is 0.177. The van der Waals surface area contributed by atoms with E-state index in [2.05, 4.69) is 39.4 Å². The van der Waals surface area contributed by atoms with Gasteiger partial charge in [0.2, 0.25) is 0 Å². The third-order valence-corrected chi connectivity index (χ3v) is 5.81. The molecule has 3 aromatic carbocycles. The molecule has 0 saturated carbocycles. The van der Waals surface area contributed by atoms with Gasteiger partial charge in [-0.1, -0.05) is 54.1 Å². The highest BCUT2D eigenvalue weighted by molar-refractivity contribution is 7.80. The van der Waals surface area contributed by atoms with E-state index in [1.807, 2.05) is 18.2 Å². The lowest BCUT2D eigenvalue weighted by Crippen LogP contribution is -2.49. The van der Waals surface area contributed by atoms with Crippen molar-refractivity contribution in [3.05, 3.63) is 77.1 Å². The molecule has 1 aliphatic heterocycles. The van der Waals surface area contributed by atoms with Crippen LogP contribution in [0, 0.1) is 5.82 Å². The average molecular weight is 414 g/mol. The molecule has 0 aliphatic carbocycles. The summed E-state index contributed by atoms with van der Waals surface area (Å²) >= 11 is 11.8. The van der Waals surface area contributed by atoms with Crippen LogP contribution in [0.2, 0.25) is 5.02 Å². The summed E-state index contributed by atoms with van der Waals surface area (Å²) in [7, 11) is 0. The molecular weight excluding hydrogens is 393 g/mol. The van der Waals surface area contributed by atoms with E-state index in [0.29, 0.717) is 5.02 Å². The second-order valence-electron chi connectivity index (χ2n) is 6.96. The van der Waals surface area contributed by atoms with Crippen molar-refractivity contribution in [3.8, 4) is 0 Å². The fourth-order valence-corrected chi connectivity index (χ4v) is 4.05. The summed E-state index contributed by atoms with van der Waals surface area (Å²) in [5, 5.41) is 6.99. The highest BCUT2D eigenvalue weighted by Crippen LogP contribution is 2.24. The highest BCUT2D eigenvalue weighted by atomic mass is 35.5. The van der Waals surface area contributed by atoms with Gasteiger partial charge in [-0.15, -0.1) is 0 Å². The summed E-state index contributed by atoms with van der Waals surface area (Å²) in [4.78, 5) is 4.51. The number of piperazine rings is 1. The Morgan fingerprint density at radius 3 is 2.54 bits per heavy atom. The molecule has 1 aliphatic rings. The van der Waals surface area contributed by atoms with E-state index in [9.17, 15) is 4.39 Å². The monoisotopic (exact) mass is 413 g/mol. The molecule has 0 bridgehead atoms. The molecule has 0 atom stereocenters. The number of benzene rings is 3. The number of fused-ring (bicyclic) bond motifs is 1. The second kappa shape index (κ2) is 8.43. The Bertz CT molecular complexity index is 997. The summed E-state index contributed by atoms with van der Waals surface area (Å²) in [5.74, 6) is -0.302. The maximum absolute atomic E-state index is 13.2. The van der Waals surface area contributed by atoms with Gasteiger partial charge in [0.05, 0.1) is 0 Å². The molecule has 6 heteroatoms. The standard InChI is InChI=1S/C22H21ClFN3S/c23-20-14-18(24)9-8-17(20)15-26-10-12-27(13-11-26)22(28)25-21-7-3-5-16-4-1-2-6-19(16)21/h1-9,14H,10-13,15H2,(H,25,28). The van der Waals surface area contributed by atoms with Gasteiger partial charge in [-0.3, -0.25) is 4.90 Å². The molecule has 3 nitrogen and oxygen atoms in total. The van der Waals surface area contributed by atoms with E-state index < -0.39 is 0 Å². The number of halogens is 2. The van der Waals surface area contributed by atoms with E-state index in [-0.39, 0.29) is 5.82 Å². The predicted octanol–water partition coefficient (Wildman–Crippen LogP) is 5.15. The quantitative estimate of drug-likeness (QED) is 0.598. The van der Waals surface area contributed by atoms with Crippen LogP contribution in [0.4, 0.5) is 10.1 Å². The molecule has 0 unspecified atom stereocenters. The number of hydrogen-bond acceptors (Lipinski definition) is 2. The molecule has 144 valence electrons. The van der Waals surface area contributed by atoms with Crippen LogP contribution in [0.3, 0.4) is 0 Å². The topological polar surface area (TPSA) is 18.5 Å².